The van der Waals surface area contributed by atoms with E-state index in [0.717, 1.165) is 26.9 Å². The first-order valence-electron chi connectivity index (χ1n) is 8.06. The second-order valence-corrected chi connectivity index (χ2v) is 7.40. The molecule has 26 heavy (non-hydrogen) atoms. The molecular formula is C20H14BrNO3S. The van der Waals surface area contributed by atoms with Crippen molar-refractivity contribution in [3.63, 3.8) is 0 Å². The van der Waals surface area contributed by atoms with Gasteiger partial charge >= 0.3 is 5.63 Å². The van der Waals surface area contributed by atoms with Gasteiger partial charge in [0.25, 0.3) is 0 Å². The Morgan fingerprint density at radius 3 is 2.73 bits per heavy atom. The Bertz CT molecular complexity index is 1130. The molecule has 0 unspecified atom stereocenters. The summed E-state index contributed by atoms with van der Waals surface area (Å²) in [6.07, 6.45) is 0. The van der Waals surface area contributed by atoms with Crippen molar-refractivity contribution in [1.82, 2.24) is 4.98 Å². The van der Waals surface area contributed by atoms with Gasteiger partial charge in [-0.15, -0.1) is 11.3 Å². The Kier molecular flexibility index (Phi) is 4.61. The largest absolute Gasteiger partial charge is 0.494 e. The Morgan fingerprint density at radius 2 is 1.96 bits per heavy atom. The van der Waals surface area contributed by atoms with Gasteiger partial charge in [-0.2, -0.15) is 0 Å². The zero-order chi connectivity index (χ0) is 18.1. The summed E-state index contributed by atoms with van der Waals surface area (Å²) in [6, 6.07) is 15.1. The van der Waals surface area contributed by atoms with E-state index in [2.05, 4.69) is 20.9 Å². The van der Waals surface area contributed by atoms with Gasteiger partial charge in [0.05, 0.1) is 17.9 Å². The Labute approximate surface area is 162 Å². The number of fused-ring (bicyclic) bond motifs is 1. The van der Waals surface area contributed by atoms with Crippen LogP contribution in [0.15, 0.2) is 67.6 Å². The highest BCUT2D eigenvalue weighted by Crippen LogP contribution is 2.30. The number of ether oxygens (including phenoxy) is 1. The molecule has 0 N–H and O–H groups in total. The molecule has 0 aliphatic heterocycles. The van der Waals surface area contributed by atoms with E-state index in [9.17, 15) is 4.79 Å². The molecule has 6 heteroatoms. The third kappa shape index (κ3) is 3.30. The first-order valence-corrected chi connectivity index (χ1v) is 9.74. The van der Waals surface area contributed by atoms with Gasteiger partial charge in [-0.3, -0.25) is 0 Å². The van der Waals surface area contributed by atoms with Crippen molar-refractivity contribution < 1.29 is 9.15 Å². The van der Waals surface area contributed by atoms with Crippen molar-refractivity contribution in [2.24, 2.45) is 0 Å². The van der Waals surface area contributed by atoms with Crippen molar-refractivity contribution in [3.05, 3.63) is 68.8 Å². The Morgan fingerprint density at radius 1 is 1.15 bits per heavy atom. The molecule has 0 saturated carbocycles. The number of thiazole rings is 1. The minimum atomic E-state index is -0.382. The van der Waals surface area contributed by atoms with Gasteiger partial charge in [0.2, 0.25) is 0 Å². The van der Waals surface area contributed by atoms with Crippen LogP contribution in [-0.2, 0) is 0 Å². The molecular weight excluding hydrogens is 414 g/mol. The van der Waals surface area contributed by atoms with Crippen molar-refractivity contribution >= 4 is 38.2 Å². The predicted octanol–water partition coefficient (Wildman–Crippen LogP) is 5.74. The van der Waals surface area contributed by atoms with Gasteiger partial charge in [0.15, 0.2) is 0 Å². The van der Waals surface area contributed by atoms with E-state index < -0.39 is 0 Å². The summed E-state index contributed by atoms with van der Waals surface area (Å²) >= 11 is 4.87. The number of nitrogens with zero attached hydrogens (tertiary/aromatic N) is 1. The summed E-state index contributed by atoms with van der Waals surface area (Å²) in [5.74, 6) is 0.826. The van der Waals surface area contributed by atoms with Gasteiger partial charge in [-0.1, -0.05) is 15.9 Å². The van der Waals surface area contributed by atoms with Crippen LogP contribution in [0.25, 0.3) is 32.8 Å². The number of aromatic nitrogens is 1. The van der Waals surface area contributed by atoms with E-state index in [1.54, 1.807) is 6.07 Å². The fourth-order valence-corrected chi connectivity index (χ4v) is 3.87. The van der Waals surface area contributed by atoms with E-state index >= 15 is 0 Å². The van der Waals surface area contributed by atoms with Crippen molar-refractivity contribution in [2.45, 2.75) is 6.92 Å². The first-order chi connectivity index (χ1) is 12.6. The molecule has 2 heterocycles. The van der Waals surface area contributed by atoms with E-state index in [4.69, 9.17) is 9.15 Å². The summed E-state index contributed by atoms with van der Waals surface area (Å²) in [7, 11) is 0. The molecule has 0 atom stereocenters. The highest BCUT2D eigenvalue weighted by molar-refractivity contribution is 9.10. The lowest BCUT2D eigenvalue weighted by Gasteiger charge is -2.03. The second kappa shape index (κ2) is 7.05. The number of rotatable bonds is 4. The Balaban J connectivity index is 1.72. The molecule has 2 aromatic heterocycles. The lowest BCUT2D eigenvalue weighted by molar-refractivity contribution is 0.340. The van der Waals surface area contributed by atoms with Crippen molar-refractivity contribution in [2.75, 3.05) is 6.61 Å². The zero-order valence-corrected chi connectivity index (χ0v) is 16.3. The first kappa shape index (κ1) is 17.0. The molecule has 0 saturated heterocycles. The minimum absolute atomic E-state index is 0.382. The lowest BCUT2D eigenvalue weighted by atomic mass is 10.1. The second-order valence-electron chi connectivity index (χ2n) is 5.62. The summed E-state index contributed by atoms with van der Waals surface area (Å²) in [6.45, 7) is 2.59. The SMILES string of the molecule is CCOc1ccc(-c2csc(-c3cc4cc(Br)ccc4oc3=O)n2)cc1. The normalized spacial score (nSPS) is 11.0. The maximum absolute atomic E-state index is 12.4. The van der Waals surface area contributed by atoms with Gasteiger partial charge in [0.1, 0.15) is 16.3 Å². The number of halogens is 1. The van der Waals surface area contributed by atoms with E-state index in [1.807, 2.05) is 54.8 Å². The van der Waals surface area contributed by atoms with Crippen LogP contribution in [0.4, 0.5) is 0 Å². The molecule has 0 fully saturated rings. The molecule has 130 valence electrons. The molecule has 0 aliphatic rings. The molecule has 4 nitrogen and oxygen atoms in total. The van der Waals surface area contributed by atoms with Crippen LogP contribution in [0.1, 0.15) is 6.92 Å². The number of benzene rings is 2. The molecule has 0 amide bonds. The topological polar surface area (TPSA) is 52.3 Å². The predicted molar refractivity (Wildman–Crippen MR) is 108 cm³/mol. The average molecular weight is 428 g/mol. The summed E-state index contributed by atoms with van der Waals surface area (Å²) in [5.41, 5.74) is 2.45. The number of hydrogen-bond acceptors (Lipinski definition) is 5. The zero-order valence-electron chi connectivity index (χ0n) is 13.9. The molecule has 0 aliphatic carbocycles. The van der Waals surface area contributed by atoms with Gasteiger partial charge < -0.3 is 9.15 Å². The van der Waals surface area contributed by atoms with Crippen molar-refractivity contribution in [1.29, 1.82) is 0 Å². The fraction of sp³-hybridized carbons (Fsp3) is 0.100. The van der Waals surface area contributed by atoms with Gasteiger partial charge in [-0.05, 0) is 55.5 Å². The monoisotopic (exact) mass is 427 g/mol. The molecule has 0 bridgehead atoms. The van der Waals surface area contributed by atoms with E-state index in [-0.39, 0.29) is 5.63 Å². The fourth-order valence-electron chi connectivity index (χ4n) is 2.66. The van der Waals surface area contributed by atoms with Crippen LogP contribution in [-0.4, -0.2) is 11.6 Å². The highest BCUT2D eigenvalue weighted by atomic mass is 79.9. The van der Waals surface area contributed by atoms with Crippen molar-refractivity contribution in [3.8, 4) is 27.6 Å². The smallest absolute Gasteiger partial charge is 0.346 e. The Hall–Kier alpha value is -2.44. The molecule has 4 rings (SSSR count). The molecule has 2 aromatic carbocycles. The molecule has 4 aromatic rings. The van der Waals surface area contributed by atoms with Crippen LogP contribution in [0.5, 0.6) is 5.75 Å². The maximum atomic E-state index is 12.4. The van der Waals surface area contributed by atoms with Crippen LogP contribution in [0.2, 0.25) is 0 Å². The number of hydrogen-bond donors (Lipinski definition) is 0. The van der Waals surface area contributed by atoms with Crippen LogP contribution in [0.3, 0.4) is 0 Å². The van der Waals surface area contributed by atoms with Gasteiger partial charge in [-0.25, -0.2) is 9.78 Å². The van der Waals surface area contributed by atoms with Crippen LogP contribution < -0.4 is 10.4 Å². The summed E-state index contributed by atoms with van der Waals surface area (Å²) < 4.78 is 11.8. The molecule has 0 spiro atoms. The minimum Gasteiger partial charge on any atom is -0.494 e. The molecule has 0 radical (unpaired) electrons. The third-order valence-electron chi connectivity index (χ3n) is 3.89. The average Bonchev–Trinajstić information content (AvgIpc) is 3.12. The lowest BCUT2D eigenvalue weighted by Crippen LogP contribution is -2.02. The van der Waals surface area contributed by atoms with E-state index in [0.29, 0.717) is 22.8 Å². The highest BCUT2D eigenvalue weighted by Gasteiger charge is 2.13. The summed E-state index contributed by atoms with van der Waals surface area (Å²) in [5, 5.41) is 3.44. The van der Waals surface area contributed by atoms with Crippen LogP contribution >= 0.6 is 27.3 Å². The van der Waals surface area contributed by atoms with Gasteiger partial charge in [0, 0.05) is 20.8 Å². The quantitative estimate of drug-likeness (QED) is 0.389. The third-order valence-corrected chi connectivity index (χ3v) is 5.26. The van der Waals surface area contributed by atoms with Crippen LogP contribution in [0, 0.1) is 0 Å². The van der Waals surface area contributed by atoms with E-state index in [1.165, 1.54) is 11.3 Å². The standard InChI is InChI=1S/C20H14BrNO3S/c1-2-24-15-6-3-12(4-7-15)17-11-26-19(22-17)16-10-13-9-14(21)5-8-18(13)25-20(16)23/h3-11H,2H2,1H3. The summed E-state index contributed by atoms with van der Waals surface area (Å²) in [4.78, 5) is 17.0. The maximum Gasteiger partial charge on any atom is 0.346 e.